The molecule has 11 heteroatoms. The highest BCUT2D eigenvalue weighted by molar-refractivity contribution is 7.91. The molecule has 2 heterocycles. The smallest absolute Gasteiger partial charge is 0.223 e. The Morgan fingerprint density at radius 2 is 1.87 bits per heavy atom. The lowest BCUT2D eigenvalue weighted by atomic mass is 10.1. The van der Waals surface area contributed by atoms with E-state index in [1.165, 1.54) is 0 Å². The minimum Gasteiger partial charge on any atom is -0.390 e. The highest BCUT2D eigenvalue weighted by Crippen LogP contribution is 2.30. The maximum absolute atomic E-state index is 12.4. The molecule has 1 amide bonds. The molecule has 168 valence electrons. The van der Waals surface area contributed by atoms with Crippen LogP contribution in [0, 0.1) is 11.8 Å². The molecule has 0 aromatic carbocycles. The fourth-order valence-electron chi connectivity index (χ4n) is 4.82. The zero-order valence-corrected chi connectivity index (χ0v) is 17.9. The molecule has 3 N–H and O–H groups in total. The van der Waals surface area contributed by atoms with Crippen LogP contribution in [0.25, 0.3) is 0 Å². The van der Waals surface area contributed by atoms with Crippen LogP contribution < -0.4 is 5.32 Å². The normalized spacial score (nSPS) is 32.5. The van der Waals surface area contributed by atoms with Gasteiger partial charge in [-0.2, -0.15) is 0 Å². The van der Waals surface area contributed by atoms with Gasteiger partial charge in [0.1, 0.15) is 6.10 Å². The quantitative estimate of drug-likeness (QED) is 0.507. The number of hydrogen-bond acceptors (Lipinski definition) is 8. The number of aromatic nitrogens is 3. The molecule has 10 nitrogen and oxygen atoms in total. The lowest BCUT2D eigenvalue weighted by Crippen LogP contribution is -2.45. The molecule has 2 aliphatic carbocycles. The zero-order chi connectivity index (χ0) is 21.3. The Kier molecular flexibility index (Phi) is 6.42. The van der Waals surface area contributed by atoms with E-state index < -0.39 is 28.1 Å². The maximum atomic E-state index is 12.4. The third kappa shape index (κ3) is 5.01. The van der Waals surface area contributed by atoms with Crippen LogP contribution in [-0.2, 0) is 27.7 Å². The van der Waals surface area contributed by atoms with E-state index in [2.05, 4.69) is 15.6 Å². The summed E-state index contributed by atoms with van der Waals surface area (Å²) >= 11 is 0. The first-order chi connectivity index (χ1) is 14.3. The highest BCUT2D eigenvalue weighted by atomic mass is 32.2. The van der Waals surface area contributed by atoms with Gasteiger partial charge in [-0.05, 0) is 19.3 Å². The average molecular weight is 442 g/mol. The molecule has 1 saturated heterocycles. The van der Waals surface area contributed by atoms with Crippen LogP contribution in [0.4, 0.5) is 0 Å². The van der Waals surface area contributed by atoms with E-state index in [-0.39, 0.29) is 29.2 Å². The number of nitrogens with zero attached hydrogens (tertiary/aromatic N) is 4. The van der Waals surface area contributed by atoms with Crippen LogP contribution in [-0.4, -0.2) is 87.3 Å². The number of aliphatic hydroxyl groups is 2. The van der Waals surface area contributed by atoms with Gasteiger partial charge in [0, 0.05) is 44.2 Å². The van der Waals surface area contributed by atoms with Crippen LogP contribution in [0.1, 0.15) is 37.8 Å². The molecular weight excluding hydrogens is 410 g/mol. The second kappa shape index (κ2) is 8.89. The molecule has 4 atom stereocenters. The Morgan fingerprint density at radius 3 is 2.57 bits per heavy atom. The zero-order valence-electron chi connectivity index (χ0n) is 17.1. The van der Waals surface area contributed by atoms with Gasteiger partial charge >= 0.3 is 0 Å². The lowest BCUT2D eigenvalue weighted by Gasteiger charge is -2.25. The standard InChI is InChI=1S/C19H31N5O5S/c25-17-14(9-16(18(17)26)20-19(27)13-3-1-2-4-13)10-24-12-15(21-22-24)11-23-5-7-30(28,29)8-6-23/h12-14,16-18,25-26H,1-11H2,(H,20,27). The van der Waals surface area contributed by atoms with Crippen LogP contribution >= 0.6 is 0 Å². The summed E-state index contributed by atoms with van der Waals surface area (Å²) in [5.41, 5.74) is 0.744. The number of sulfone groups is 1. The second-order valence-corrected chi connectivity index (χ2v) is 11.2. The van der Waals surface area contributed by atoms with Crippen LogP contribution in [0.2, 0.25) is 0 Å². The molecule has 2 saturated carbocycles. The van der Waals surface area contributed by atoms with Gasteiger partial charge in [0.15, 0.2) is 9.84 Å². The number of rotatable bonds is 6. The van der Waals surface area contributed by atoms with Crippen molar-refractivity contribution in [1.82, 2.24) is 25.2 Å². The van der Waals surface area contributed by atoms with E-state index in [1.807, 2.05) is 4.90 Å². The van der Waals surface area contributed by atoms with Crippen molar-refractivity contribution < 1.29 is 23.4 Å². The molecule has 3 fully saturated rings. The third-order valence-electron chi connectivity index (χ3n) is 6.69. The molecule has 3 aliphatic rings. The molecular formula is C19H31N5O5S. The van der Waals surface area contributed by atoms with Gasteiger partial charge in [-0.3, -0.25) is 14.4 Å². The number of aliphatic hydroxyl groups excluding tert-OH is 2. The van der Waals surface area contributed by atoms with E-state index in [0.717, 1.165) is 31.4 Å². The van der Waals surface area contributed by atoms with E-state index in [4.69, 9.17) is 0 Å². The van der Waals surface area contributed by atoms with E-state index in [9.17, 15) is 23.4 Å². The van der Waals surface area contributed by atoms with Gasteiger partial charge in [-0.15, -0.1) is 5.10 Å². The van der Waals surface area contributed by atoms with Crippen molar-refractivity contribution in [3.05, 3.63) is 11.9 Å². The van der Waals surface area contributed by atoms with E-state index >= 15 is 0 Å². The van der Waals surface area contributed by atoms with E-state index in [1.54, 1.807) is 10.9 Å². The fourth-order valence-corrected chi connectivity index (χ4v) is 6.09. The number of carbonyl (C=O) groups excluding carboxylic acids is 1. The molecule has 4 unspecified atom stereocenters. The first-order valence-electron chi connectivity index (χ1n) is 10.8. The van der Waals surface area contributed by atoms with Crippen LogP contribution in [0.5, 0.6) is 0 Å². The predicted molar refractivity (Wildman–Crippen MR) is 108 cm³/mol. The number of carbonyl (C=O) groups is 1. The summed E-state index contributed by atoms with van der Waals surface area (Å²) < 4.78 is 24.7. The Bertz CT molecular complexity index is 839. The fraction of sp³-hybridized carbons (Fsp3) is 0.842. The van der Waals surface area contributed by atoms with Gasteiger partial charge in [-0.25, -0.2) is 8.42 Å². The minimum atomic E-state index is -2.91. The summed E-state index contributed by atoms with van der Waals surface area (Å²) in [6, 6.07) is -0.448. The molecule has 1 aromatic heterocycles. The van der Waals surface area contributed by atoms with Crippen molar-refractivity contribution >= 4 is 15.7 Å². The van der Waals surface area contributed by atoms with Gasteiger partial charge in [-0.1, -0.05) is 18.1 Å². The number of amides is 1. The average Bonchev–Trinajstić information content (AvgIpc) is 3.43. The first-order valence-corrected chi connectivity index (χ1v) is 12.6. The van der Waals surface area contributed by atoms with Crippen molar-refractivity contribution in [3.8, 4) is 0 Å². The predicted octanol–water partition coefficient (Wildman–Crippen LogP) is -1.07. The molecule has 30 heavy (non-hydrogen) atoms. The number of hydrogen-bond donors (Lipinski definition) is 3. The lowest BCUT2D eigenvalue weighted by molar-refractivity contribution is -0.126. The van der Waals surface area contributed by atoms with Crippen LogP contribution in [0.3, 0.4) is 0 Å². The van der Waals surface area contributed by atoms with Crippen molar-refractivity contribution in [2.45, 2.75) is 63.4 Å². The van der Waals surface area contributed by atoms with Crippen LogP contribution in [0.15, 0.2) is 6.20 Å². The van der Waals surface area contributed by atoms with Crippen molar-refractivity contribution in [3.63, 3.8) is 0 Å². The molecule has 0 bridgehead atoms. The summed E-state index contributed by atoms with van der Waals surface area (Å²) in [6.45, 7) is 1.91. The largest absolute Gasteiger partial charge is 0.390 e. The van der Waals surface area contributed by atoms with Gasteiger partial charge in [0.2, 0.25) is 5.91 Å². The Hall–Kier alpha value is -1.56. The molecule has 0 spiro atoms. The highest BCUT2D eigenvalue weighted by Gasteiger charge is 2.43. The summed E-state index contributed by atoms with van der Waals surface area (Å²) in [4.78, 5) is 14.4. The topological polar surface area (TPSA) is 138 Å². The second-order valence-electron chi connectivity index (χ2n) is 8.93. The van der Waals surface area contributed by atoms with Gasteiger partial charge < -0.3 is 15.5 Å². The molecule has 4 rings (SSSR count). The van der Waals surface area contributed by atoms with Gasteiger partial charge in [0.25, 0.3) is 0 Å². The maximum Gasteiger partial charge on any atom is 0.223 e. The number of nitrogens with one attached hydrogen (secondary N) is 1. The summed E-state index contributed by atoms with van der Waals surface area (Å²) in [5, 5.41) is 32.1. The van der Waals surface area contributed by atoms with Gasteiger partial charge in [0.05, 0.1) is 29.3 Å². The SMILES string of the molecule is O=C(NC1CC(Cn2cc(CN3CCS(=O)(=O)CC3)nn2)C(O)C1O)C1CCCC1. The Balaban J connectivity index is 1.29. The van der Waals surface area contributed by atoms with Crippen molar-refractivity contribution in [1.29, 1.82) is 0 Å². The summed E-state index contributed by atoms with van der Waals surface area (Å²) in [7, 11) is -2.91. The summed E-state index contributed by atoms with van der Waals surface area (Å²) in [5.74, 6) is 0.110. The minimum absolute atomic E-state index is 0.0176. The monoisotopic (exact) mass is 441 g/mol. The molecule has 1 aromatic rings. The first kappa shape index (κ1) is 21.7. The Labute approximate surface area is 176 Å². The summed E-state index contributed by atoms with van der Waals surface area (Å²) in [6.07, 6.45) is 4.29. The third-order valence-corrected chi connectivity index (χ3v) is 8.29. The molecule has 1 aliphatic heterocycles. The van der Waals surface area contributed by atoms with Crippen molar-refractivity contribution in [2.75, 3.05) is 24.6 Å². The molecule has 0 radical (unpaired) electrons. The van der Waals surface area contributed by atoms with Crippen molar-refractivity contribution in [2.24, 2.45) is 11.8 Å². The Morgan fingerprint density at radius 1 is 1.17 bits per heavy atom. The van der Waals surface area contributed by atoms with E-state index in [0.29, 0.717) is 32.6 Å².